The number of ketones is 3. The zero-order valence-electron chi connectivity index (χ0n) is 74.1. The van der Waals surface area contributed by atoms with Gasteiger partial charge in [-0.3, -0.25) is 38.8 Å². The van der Waals surface area contributed by atoms with Crippen molar-refractivity contribution >= 4 is 88.8 Å². The summed E-state index contributed by atoms with van der Waals surface area (Å²) in [7, 11) is -1.74. The number of nitriles is 2. The van der Waals surface area contributed by atoms with Crippen LogP contribution in [0.2, 0.25) is 50.4 Å². The van der Waals surface area contributed by atoms with Crippen molar-refractivity contribution in [2.45, 2.75) is 102 Å². The Morgan fingerprint density at radius 3 is 1.21 bits per heavy atom. The second kappa shape index (κ2) is 49.5. The van der Waals surface area contributed by atoms with Gasteiger partial charge in [-0.25, -0.2) is 27.9 Å². The lowest BCUT2D eigenvalue weighted by molar-refractivity contribution is -0.112. The molecule has 4 N–H and O–H groups in total. The molecule has 0 aliphatic carbocycles. The first-order valence-electron chi connectivity index (χ1n) is 44.1. The first-order valence-corrected chi connectivity index (χ1v) is 52.0. The number of fused-ring (bicyclic) bond motifs is 3. The number of nitrogens with zero attached hydrogens (tertiary/aromatic N) is 10. The number of hydrogen-bond donors (Lipinski definition) is 3. The Balaban J connectivity index is 0.000000153. The molecule has 6 saturated heterocycles. The van der Waals surface area contributed by atoms with Gasteiger partial charge < -0.3 is 44.9 Å². The van der Waals surface area contributed by atoms with Crippen molar-refractivity contribution in [3.8, 4) is 34.7 Å². The zero-order valence-corrected chi connectivity index (χ0v) is 77.7. The molecule has 2 aromatic heterocycles. The number of aromatic carboxylic acids is 1. The Morgan fingerprint density at radius 2 is 0.828 bits per heavy atom. The van der Waals surface area contributed by atoms with Crippen molar-refractivity contribution in [2.75, 3.05) is 156 Å². The van der Waals surface area contributed by atoms with Crippen LogP contribution in [-0.4, -0.2) is 241 Å². The number of alkyl halides is 1. The van der Waals surface area contributed by atoms with Crippen LogP contribution in [0, 0.1) is 40.1 Å². The van der Waals surface area contributed by atoms with E-state index in [1.165, 1.54) is 114 Å². The number of morpholine rings is 4. The molecule has 0 saturated carbocycles. The number of carboxylic acids is 1. The summed E-state index contributed by atoms with van der Waals surface area (Å²) in [4.78, 5) is 81.6. The van der Waals surface area contributed by atoms with Crippen LogP contribution in [0.1, 0.15) is 100 Å². The number of Topliss-reactive ketones (excluding diaryl/α,β-unsaturated/α-hetero) is 3. The monoisotopic (exact) mass is 1840 g/mol. The van der Waals surface area contributed by atoms with Gasteiger partial charge in [0, 0.05) is 153 Å². The highest BCUT2D eigenvalue weighted by Gasteiger charge is 2.30. The molecule has 0 atom stereocenters. The number of anilines is 1. The summed E-state index contributed by atoms with van der Waals surface area (Å²) in [5.74, 6) is -3.62. The molecule has 6 fully saturated rings. The highest BCUT2D eigenvalue weighted by Crippen LogP contribution is 2.32. The molecule has 0 radical (unpaired) electrons. The van der Waals surface area contributed by atoms with E-state index in [4.69, 9.17) is 40.2 Å². The Hall–Kier alpha value is -10.2. The van der Waals surface area contributed by atoms with Crippen molar-refractivity contribution in [2.24, 2.45) is 5.73 Å². The van der Waals surface area contributed by atoms with Gasteiger partial charge in [-0.05, 0) is 189 Å². The highest BCUT2D eigenvalue weighted by molar-refractivity contribution is 9.08. The van der Waals surface area contributed by atoms with Gasteiger partial charge in [0.25, 0.3) is 11.7 Å². The Morgan fingerprint density at radius 1 is 0.469 bits per heavy atom. The average molecular weight is 1840 g/mol. The van der Waals surface area contributed by atoms with Gasteiger partial charge in [-0.2, -0.15) is 10.5 Å². The molecule has 9 heterocycles. The van der Waals surface area contributed by atoms with E-state index in [0.717, 1.165) is 210 Å². The molecule has 128 heavy (non-hydrogen) atoms. The Kier molecular flexibility index (Phi) is 38.1. The fourth-order valence-corrected chi connectivity index (χ4v) is 20.1. The molecule has 28 heteroatoms. The lowest BCUT2D eigenvalue weighted by Crippen LogP contribution is -2.44. The smallest absolute Gasteiger partial charge is 0.336 e. The van der Waals surface area contributed by atoms with Crippen LogP contribution in [0.4, 0.5) is 18.9 Å². The van der Waals surface area contributed by atoms with E-state index in [1.54, 1.807) is 13.0 Å². The third-order valence-electron chi connectivity index (χ3n) is 23.7. The van der Waals surface area contributed by atoms with Crippen LogP contribution in [-0.2, 0) is 55.3 Å². The van der Waals surface area contributed by atoms with E-state index >= 15 is 0 Å². The zero-order chi connectivity index (χ0) is 91.0. The van der Waals surface area contributed by atoms with Gasteiger partial charge in [0.1, 0.15) is 17.5 Å². The van der Waals surface area contributed by atoms with E-state index in [9.17, 15) is 42.3 Å². The summed E-state index contributed by atoms with van der Waals surface area (Å²) in [6, 6.07) is 64.8. The molecule has 1 amide bonds. The number of rotatable bonds is 20. The molecule has 0 bridgehead atoms. The number of carbonyl (C=O) groups is 5. The second-order valence-electron chi connectivity index (χ2n) is 34.5. The predicted octanol–water partition coefficient (Wildman–Crippen LogP) is 16.9. The number of benzene rings is 8. The number of amides is 1. The third kappa shape index (κ3) is 31.0. The number of nitrogens with two attached hydrogens (primary N) is 1. The fraction of sp³-hybridized carbons (Fsp3) is 0.390. The number of pyridine rings is 2. The van der Waals surface area contributed by atoms with E-state index in [1.807, 2.05) is 103 Å². The minimum atomic E-state index is -1.10. The molecule has 0 unspecified atom stereocenters. The summed E-state index contributed by atoms with van der Waals surface area (Å²) >= 11 is 3.32. The number of aromatic nitrogens is 2. The van der Waals surface area contributed by atoms with Gasteiger partial charge in [0.15, 0.2) is 11.6 Å². The molecule has 8 aromatic carbocycles. The Bertz CT molecular complexity index is 5400. The van der Waals surface area contributed by atoms with Crippen LogP contribution >= 0.6 is 15.9 Å². The largest absolute Gasteiger partial charge is 0.478 e. The number of carboxylic acid groups (broad SMARTS) is 1. The van der Waals surface area contributed by atoms with Crippen molar-refractivity contribution in [3.63, 3.8) is 0 Å². The van der Waals surface area contributed by atoms with Crippen LogP contribution in [0.15, 0.2) is 188 Å². The number of nitrogens with one attached hydrogen (secondary N) is 1. The lowest BCUT2D eigenvalue weighted by Gasteiger charge is -2.35. The fourth-order valence-electron chi connectivity index (χ4n) is 15.6. The summed E-state index contributed by atoms with van der Waals surface area (Å²) in [5, 5.41) is 30.7. The van der Waals surface area contributed by atoms with Crippen molar-refractivity contribution < 1.29 is 61.2 Å². The van der Waals surface area contributed by atoms with E-state index in [-0.39, 0.29) is 28.5 Å². The van der Waals surface area contributed by atoms with Gasteiger partial charge in [-0.15, -0.1) is 0 Å². The van der Waals surface area contributed by atoms with Gasteiger partial charge in [0.05, 0.1) is 115 Å². The standard InChI is InChI=1S/C30H38FN3O2Si.C21H19FN2O3.C13H17NO2.C12H14N2O.C8H6BrN.C8H4FNO2.C8H20N2Si/c1-37(2)18-14-33(15-19-37)11-3-4-30(35)27-21-29(32-28-10-9-25(31)20-26(27)28)24-7-5-23(6-8-24)22-34-12-16-36-17-13-34;22-16-5-6-19-17(11-16)18(21(25)26)12-20(23-19)15-3-1-14(2-4-15)13-24-7-9-27-10-8-24;1-11(15)13-4-2-12(3-5-13)10-14-6-8-16-9-7-14;13-9-11-1-3-12(4-2-11)10-14-5-7-15-8-6-14;9-5-7-1-3-8(6-10)4-2-7;9-4-1-2-6-5(3-4)7(11)8(12)10-6;1-11(2)7-5-10(4-3-9)6-8-11/h5-10,20-21H,3-4,11-19,22H2,1-2H3;1-6,11-12H,7-10,13H2,(H,25,26);2-5H,6-10H2,1H3;1-4H,5-8,10H2;1-4H,5H2;1-3H,(H,10,11,12);3-9H2,1-2H3. The van der Waals surface area contributed by atoms with Gasteiger partial charge >= 0.3 is 5.97 Å². The third-order valence-corrected chi connectivity index (χ3v) is 30.7. The van der Waals surface area contributed by atoms with Crippen LogP contribution in [0.3, 0.4) is 0 Å². The molecule has 22 nitrogen and oxygen atoms in total. The first-order chi connectivity index (χ1) is 61.8. The number of ether oxygens (including phenoxy) is 4. The average Bonchev–Trinajstić information content (AvgIpc) is 1.03. The quantitative estimate of drug-likeness (QED) is 0.0277. The molecular weight excluding hydrogens is 1720 g/mol. The molecular formula is C100H118BrF3N12O10Si2. The summed E-state index contributed by atoms with van der Waals surface area (Å²) in [6.07, 6.45) is 1.29. The maximum Gasteiger partial charge on any atom is 0.336 e. The maximum absolute atomic E-state index is 14.1. The van der Waals surface area contributed by atoms with Crippen LogP contribution in [0.25, 0.3) is 44.3 Å². The van der Waals surface area contributed by atoms with Crippen LogP contribution < -0.4 is 11.1 Å². The van der Waals surface area contributed by atoms with Crippen molar-refractivity contribution in [3.05, 3.63) is 267 Å². The van der Waals surface area contributed by atoms with Crippen molar-refractivity contribution in [1.29, 1.82) is 10.5 Å². The molecule has 7 aliphatic rings. The van der Waals surface area contributed by atoms with E-state index < -0.39 is 45.4 Å². The SMILES string of the molecule is CC(=O)c1ccc(CN2CCOCC2)cc1.C[Si]1(C)CCN(CCCC(=O)c2cc(-c3ccc(CN4CCOCC4)cc3)nc3ccc(F)cc23)CC1.C[Si]1(C)CCN(CCN)CC1.N#Cc1ccc(CBr)cc1.N#Cc1ccc(CN2CCOCC2)cc1.O=C(O)c1cc(-c2ccc(CN3CCOCC3)cc2)nc2ccc(F)cc12.O=C1Nc2ccc(F)cc2C1=O. The maximum atomic E-state index is 14.1. The van der Waals surface area contributed by atoms with Gasteiger partial charge in [-0.1, -0.05) is 139 Å². The Labute approximate surface area is 760 Å². The summed E-state index contributed by atoms with van der Waals surface area (Å²) < 4.78 is 61.6. The molecule has 674 valence electrons. The van der Waals surface area contributed by atoms with E-state index in [0.29, 0.717) is 50.7 Å². The lowest BCUT2D eigenvalue weighted by atomic mass is 9.98. The molecule has 17 rings (SSSR count). The van der Waals surface area contributed by atoms with Crippen molar-refractivity contribution in [1.82, 2.24) is 39.4 Å². The minimum absolute atomic E-state index is 0.0480. The van der Waals surface area contributed by atoms with Crippen LogP contribution in [0.5, 0.6) is 0 Å². The van der Waals surface area contributed by atoms with E-state index in [2.05, 4.69) is 118 Å². The molecule has 7 aliphatic heterocycles. The highest BCUT2D eigenvalue weighted by atomic mass is 79.9. The number of hydrogen-bond acceptors (Lipinski definition) is 20. The normalized spacial score (nSPS) is 17.0. The molecule has 0 spiro atoms. The minimum Gasteiger partial charge on any atom is -0.478 e. The second-order valence-corrected chi connectivity index (χ2v) is 45.7. The predicted molar refractivity (Wildman–Crippen MR) is 506 cm³/mol. The summed E-state index contributed by atoms with van der Waals surface area (Å²) in [6.45, 7) is 37.1. The topological polar surface area (TPSA) is 273 Å². The number of halogens is 4. The molecule has 10 aromatic rings. The first kappa shape index (κ1) is 98.4. The van der Waals surface area contributed by atoms with Gasteiger partial charge in [0.2, 0.25) is 0 Å². The summed E-state index contributed by atoms with van der Waals surface area (Å²) in [5.41, 5.74) is 19.2. The number of carbonyl (C=O) groups excluding carboxylic acids is 4.